The van der Waals surface area contributed by atoms with Crippen molar-refractivity contribution < 1.29 is 4.79 Å². The number of nitrogens with one attached hydrogen (secondary N) is 1. The maximum absolute atomic E-state index is 12.3. The number of piperazine rings is 1. The summed E-state index contributed by atoms with van der Waals surface area (Å²) in [7, 11) is 0. The van der Waals surface area contributed by atoms with Gasteiger partial charge in [-0.05, 0) is 30.7 Å². The Morgan fingerprint density at radius 3 is 2.61 bits per heavy atom. The number of anilines is 1. The molecule has 6 heteroatoms. The molecule has 1 fully saturated rings. The Balaban J connectivity index is 1.20. The zero-order chi connectivity index (χ0) is 19.3. The predicted molar refractivity (Wildman–Crippen MR) is 116 cm³/mol. The number of nitrogens with zero attached hydrogens (tertiary/aromatic N) is 3. The number of para-hydroxylation sites is 2. The third-order valence-electron chi connectivity index (χ3n) is 5.19. The lowest BCUT2D eigenvalue weighted by Gasteiger charge is -2.36. The molecule has 0 spiro atoms. The van der Waals surface area contributed by atoms with E-state index in [4.69, 9.17) is 0 Å². The summed E-state index contributed by atoms with van der Waals surface area (Å²) in [5, 5.41) is 4.12. The number of fused-ring (bicyclic) bond motifs is 1. The van der Waals surface area contributed by atoms with Crippen molar-refractivity contribution in [3.63, 3.8) is 0 Å². The minimum Gasteiger partial charge on any atom is -0.369 e. The number of carbonyl (C=O) groups is 1. The molecular weight excluding hydrogens is 368 g/mol. The SMILES string of the molecule is Cc1ccccc1N1CCN(CC(=O)NCCc2nc3ccccc3s2)CC1. The monoisotopic (exact) mass is 394 g/mol. The van der Waals surface area contributed by atoms with Crippen molar-refractivity contribution >= 4 is 33.1 Å². The molecule has 1 amide bonds. The number of amides is 1. The van der Waals surface area contributed by atoms with Crippen molar-refractivity contribution in [1.29, 1.82) is 0 Å². The molecule has 1 aromatic heterocycles. The average Bonchev–Trinajstić information content (AvgIpc) is 3.12. The first-order valence-electron chi connectivity index (χ1n) is 9.83. The first-order chi connectivity index (χ1) is 13.7. The fourth-order valence-corrected chi connectivity index (χ4v) is 4.63. The summed E-state index contributed by atoms with van der Waals surface area (Å²) in [6.45, 7) is 7.02. The molecule has 28 heavy (non-hydrogen) atoms. The van der Waals surface area contributed by atoms with Crippen molar-refractivity contribution in [1.82, 2.24) is 15.2 Å². The Bertz CT molecular complexity index is 913. The molecule has 4 rings (SSSR count). The van der Waals surface area contributed by atoms with Crippen molar-refractivity contribution in [3.8, 4) is 0 Å². The Labute approximate surface area is 170 Å². The predicted octanol–water partition coefficient (Wildman–Crippen LogP) is 3.09. The van der Waals surface area contributed by atoms with E-state index in [-0.39, 0.29) is 5.91 Å². The standard InChI is InChI=1S/C22H26N4OS/c1-17-6-2-4-8-19(17)26-14-12-25(13-15-26)16-21(27)23-11-10-22-24-18-7-3-5-9-20(18)28-22/h2-9H,10-16H2,1H3,(H,23,27). The highest BCUT2D eigenvalue weighted by Gasteiger charge is 2.19. The number of benzene rings is 2. The van der Waals surface area contributed by atoms with Crippen molar-refractivity contribution in [2.45, 2.75) is 13.3 Å². The number of hydrogen-bond donors (Lipinski definition) is 1. The number of rotatable bonds is 6. The van der Waals surface area contributed by atoms with Crippen LogP contribution in [0.25, 0.3) is 10.2 Å². The van der Waals surface area contributed by atoms with Crippen LogP contribution in [0.2, 0.25) is 0 Å². The molecule has 0 aliphatic carbocycles. The van der Waals surface area contributed by atoms with E-state index in [0.29, 0.717) is 13.1 Å². The summed E-state index contributed by atoms with van der Waals surface area (Å²) < 4.78 is 1.20. The summed E-state index contributed by atoms with van der Waals surface area (Å²) in [6, 6.07) is 16.7. The second-order valence-electron chi connectivity index (χ2n) is 7.22. The number of carbonyl (C=O) groups excluding carboxylic acids is 1. The smallest absolute Gasteiger partial charge is 0.234 e. The van der Waals surface area contributed by atoms with Crippen LogP contribution in [0, 0.1) is 6.92 Å². The van der Waals surface area contributed by atoms with Gasteiger partial charge in [-0.2, -0.15) is 0 Å². The molecule has 0 saturated carbocycles. The molecule has 0 atom stereocenters. The van der Waals surface area contributed by atoms with Crippen LogP contribution in [0.15, 0.2) is 48.5 Å². The van der Waals surface area contributed by atoms with Gasteiger partial charge in [0.05, 0.1) is 21.8 Å². The lowest BCUT2D eigenvalue weighted by molar-refractivity contribution is -0.122. The zero-order valence-electron chi connectivity index (χ0n) is 16.2. The number of thiazole rings is 1. The van der Waals surface area contributed by atoms with Crippen LogP contribution in [0.4, 0.5) is 5.69 Å². The van der Waals surface area contributed by atoms with Gasteiger partial charge in [-0.25, -0.2) is 4.98 Å². The number of hydrogen-bond acceptors (Lipinski definition) is 5. The van der Waals surface area contributed by atoms with E-state index in [2.05, 4.69) is 57.4 Å². The topological polar surface area (TPSA) is 48.5 Å². The van der Waals surface area contributed by atoms with Gasteiger partial charge >= 0.3 is 0 Å². The van der Waals surface area contributed by atoms with Crippen molar-refractivity contribution in [2.75, 3.05) is 44.2 Å². The maximum Gasteiger partial charge on any atom is 0.234 e. The van der Waals surface area contributed by atoms with Gasteiger partial charge in [-0.1, -0.05) is 30.3 Å². The van der Waals surface area contributed by atoms with Gasteiger partial charge < -0.3 is 10.2 Å². The molecule has 5 nitrogen and oxygen atoms in total. The molecular formula is C22H26N4OS. The van der Waals surface area contributed by atoms with Crippen LogP contribution in [-0.2, 0) is 11.2 Å². The van der Waals surface area contributed by atoms with Crippen LogP contribution in [0.3, 0.4) is 0 Å². The fraction of sp³-hybridized carbons (Fsp3) is 0.364. The van der Waals surface area contributed by atoms with Gasteiger partial charge in [-0.15, -0.1) is 11.3 Å². The molecule has 0 radical (unpaired) electrons. The van der Waals surface area contributed by atoms with Gasteiger partial charge in [0.15, 0.2) is 0 Å². The maximum atomic E-state index is 12.3. The second kappa shape index (κ2) is 8.71. The first-order valence-corrected chi connectivity index (χ1v) is 10.6. The Morgan fingerprint density at radius 1 is 1.07 bits per heavy atom. The molecule has 0 unspecified atom stereocenters. The van der Waals surface area contributed by atoms with Crippen LogP contribution in [-0.4, -0.2) is 55.1 Å². The molecule has 1 aliphatic heterocycles. The number of aryl methyl sites for hydroxylation is 1. The Hall–Kier alpha value is -2.44. The summed E-state index contributed by atoms with van der Waals surface area (Å²) in [5.74, 6) is 0.102. The molecule has 1 N–H and O–H groups in total. The third-order valence-corrected chi connectivity index (χ3v) is 6.29. The molecule has 0 bridgehead atoms. The van der Waals surface area contributed by atoms with E-state index < -0.39 is 0 Å². The van der Waals surface area contributed by atoms with Crippen LogP contribution < -0.4 is 10.2 Å². The quantitative estimate of drug-likeness (QED) is 0.698. The van der Waals surface area contributed by atoms with Gasteiger partial charge in [0.1, 0.15) is 0 Å². The average molecular weight is 395 g/mol. The van der Waals surface area contributed by atoms with Crippen LogP contribution in [0.1, 0.15) is 10.6 Å². The molecule has 1 aliphatic rings. The molecule has 3 aromatic rings. The second-order valence-corrected chi connectivity index (χ2v) is 8.34. The highest BCUT2D eigenvalue weighted by Crippen LogP contribution is 2.22. The van der Waals surface area contributed by atoms with E-state index >= 15 is 0 Å². The van der Waals surface area contributed by atoms with Gasteiger partial charge in [0.2, 0.25) is 5.91 Å². The first kappa shape index (κ1) is 18.9. The van der Waals surface area contributed by atoms with Crippen molar-refractivity contribution in [3.05, 3.63) is 59.1 Å². The summed E-state index contributed by atoms with van der Waals surface area (Å²) in [5.41, 5.74) is 3.66. The summed E-state index contributed by atoms with van der Waals surface area (Å²) in [6.07, 6.45) is 0.784. The van der Waals surface area contributed by atoms with Crippen LogP contribution in [0.5, 0.6) is 0 Å². The normalized spacial score (nSPS) is 15.1. The minimum absolute atomic E-state index is 0.102. The molecule has 2 heterocycles. The number of aromatic nitrogens is 1. The third kappa shape index (κ3) is 4.51. The van der Waals surface area contributed by atoms with E-state index in [9.17, 15) is 4.79 Å². The van der Waals surface area contributed by atoms with E-state index in [1.165, 1.54) is 16.0 Å². The fourth-order valence-electron chi connectivity index (χ4n) is 3.66. The van der Waals surface area contributed by atoms with E-state index in [1.807, 2.05) is 18.2 Å². The highest BCUT2D eigenvalue weighted by molar-refractivity contribution is 7.18. The highest BCUT2D eigenvalue weighted by atomic mass is 32.1. The lowest BCUT2D eigenvalue weighted by Crippen LogP contribution is -2.49. The van der Waals surface area contributed by atoms with Crippen LogP contribution >= 0.6 is 11.3 Å². The zero-order valence-corrected chi connectivity index (χ0v) is 17.0. The summed E-state index contributed by atoms with van der Waals surface area (Å²) >= 11 is 1.71. The molecule has 2 aromatic carbocycles. The van der Waals surface area contributed by atoms with Gasteiger partial charge in [0, 0.05) is 44.8 Å². The lowest BCUT2D eigenvalue weighted by atomic mass is 10.1. The molecule has 1 saturated heterocycles. The summed E-state index contributed by atoms with van der Waals surface area (Å²) in [4.78, 5) is 21.6. The molecule has 146 valence electrons. The largest absolute Gasteiger partial charge is 0.369 e. The Morgan fingerprint density at radius 2 is 1.82 bits per heavy atom. The van der Waals surface area contributed by atoms with E-state index in [1.54, 1.807) is 11.3 Å². The van der Waals surface area contributed by atoms with Gasteiger partial charge in [-0.3, -0.25) is 9.69 Å². The Kier molecular flexibility index (Phi) is 5.88. The minimum atomic E-state index is 0.102. The van der Waals surface area contributed by atoms with E-state index in [0.717, 1.165) is 43.1 Å². The van der Waals surface area contributed by atoms with Gasteiger partial charge in [0.25, 0.3) is 0 Å². The van der Waals surface area contributed by atoms with Crippen molar-refractivity contribution in [2.24, 2.45) is 0 Å².